The first kappa shape index (κ1) is 9.25. The zero-order valence-corrected chi connectivity index (χ0v) is 7.64. The molecule has 2 amide bonds. The molecule has 1 aliphatic heterocycles. The minimum atomic E-state index is -0.351. The first-order chi connectivity index (χ1) is 5.61. The highest BCUT2D eigenvalue weighted by molar-refractivity contribution is 7.80. The summed E-state index contributed by atoms with van der Waals surface area (Å²) in [4.78, 5) is 12.9. The zero-order chi connectivity index (χ0) is 9.14. The highest BCUT2D eigenvalue weighted by atomic mass is 32.1. The summed E-state index contributed by atoms with van der Waals surface area (Å²) in [6.07, 6.45) is 1.69. The Bertz CT molecular complexity index is 177. The van der Waals surface area contributed by atoms with Gasteiger partial charge in [0.05, 0.1) is 4.99 Å². The second-order valence-electron chi connectivity index (χ2n) is 3.00. The van der Waals surface area contributed by atoms with Gasteiger partial charge in [-0.25, -0.2) is 4.79 Å². The molecule has 0 saturated carbocycles. The Kier molecular flexibility index (Phi) is 2.86. The van der Waals surface area contributed by atoms with Crippen LogP contribution in [0.5, 0.6) is 0 Å². The van der Waals surface area contributed by atoms with Crippen LogP contribution in [0.1, 0.15) is 12.8 Å². The lowest BCUT2D eigenvalue weighted by Gasteiger charge is -2.29. The monoisotopic (exact) mass is 187 g/mol. The van der Waals surface area contributed by atoms with Gasteiger partial charge in [0.25, 0.3) is 0 Å². The molecule has 4 N–H and O–H groups in total. The van der Waals surface area contributed by atoms with Crippen LogP contribution in [0.4, 0.5) is 4.79 Å². The van der Waals surface area contributed by atoms with Gasteiger partial charge in [0.1, 0.15) is 0 Å². The number of hydrogen-bond donors (Lipinski definition) is 2. The average Bonchev–Trinajstić information content (AvgIpc) is 2.04. The van der Waals surface area contributed by atoms with E-state index in [1.54, 1.807) is 4.90 Å². The molecule has 12 heavy (non-hydrogen) atoms. The van der Waals surface area contributed by atoms with Crippen LogP contribution in [0.3, 0.4) is 0 Å². The summed E-state index contributed by atoms with van der Waals surface area (Å²) in [5, 5.41) is 0. The van der Waals surface area contributed by atoms with E-state index in [-0.39, 0.29) is 11.9 Å². The van der Waals surface area contributed by atoms with Crippen molar-refractivity contribution >= 4 is 23.2 Å². The number of primary amides is 1. The number of hydrogen-bond acceptors (Lipinski definition) is 2. The maximum atomic E-state index is 10.7. The van der Waals surface area contributed by atoms with E-state index in [2.05, 4.69) is 0 Å². The van der Waals surface area contributed by atoms with Crippen LogP contribution in [-0.2, 0) is 0 Å². The molecule has 0 aromatic rings. The van der Waals surface area contributed by atoms with E-state index in [4.69, 9.17) is 23.7 Å². The minimum absolute atomic E-state index is 0.288. The molecule has 0 radical (unpaired) electrons. The van der Waals surface area contributed by atoms with Crippen molar-refractivity contribution in [3.05, 3.63) is 0 Å². The molecule has 0 bridgehead atoms. The summed E-state index contributed by atoms with van der Waals surface area (Å²) in [7, 11) is 0. The van der Waals surface area contributed by atoms with Gasteiger partial charge < -0.3 is 16.4 Å². The quantitative estimate of drug-likeness (QED) is 0.570. The number of amides is 2. The molecule has 0 spiro atoms. The smallest absolute Gasteiger partial charge is 0.314 e. The average molecular weight is 187 g/mol. The Morgan fingerprint density at radius 3 is 2.17 bits per heavy atom. The molecule has 4 nitrogen and oxygen atoms in total. The van der Waals surface area contributed by atoms with Crippen LogP contribution in [0.2, 0.25) is 0 Å². The highest BCUT2D eigenvalue weighted by Crippen LogP contribution is 2.16. The van der Waals surface area contributed by atoms with E-state index in [1.807, 2.05) is 0 Å². The molecule has 1 rings (SSSR count). The standard InChI is InChI=1S/C7H13N3OS/c8-6(12)5-1-3-10(4-2-5)7(9)11/h5H,1-4H2,(H2,8,12)(H2,9,11). The van der Waals surface area contributed by atoms with E-state index in [1.165, 1.54) is 0 Å². The summed E-state index contributed by atoms with van der Waals surface area (Å²) in [5.74, 6) is 0.288. The molecule has 0 atom stereocenters. The molecule has 1 aliphatic rings. The molecular formula is C7H13N3OS. The third kappa shape index (κ3) is 2.07. The van der Waals surface area contributed by atoms with Gasteiger partial charge in [-0.3, -0.25) is 0 Å². The first-order valence-electron chi connectivity index (χ1n) is 3.95. The second-order valence-corrected chi connectivity index (χ2v) is 3.47. The van der Waals surface area contributed by atoms with E-state index >= 15 is 0 Å². The number of urea groups is 1. The van der Waals surface area contributed by atoms with E-state index in [0.717, 1.165) is 12.8 Å². The van der Waals surface area contributed by atoms with Crippen molar-refractivity contribution in [2.45, 2.75) is 12.8 Å². The molecule has 0 aliphatic carbocycles. The van der Waals surface area contributed by atoms with Crippen molar-refractivity contribution < 1.29 is 4.79 Å². The Labute approximate surface area is 76.9 Å². The van der Waals surface area contributed by atoms with Crippen molar-refractivity contribution in [3.63, 3.8) is 0 Å². The molecule has 1 saturated heterocycles. The molecule has 0 unspecified atom stereocenters. The van der Waals surface area contributed by atoms with Gasteiger partial charge in [-0.05, 0) is 12.8 Å². The second kappa shape index (κ2) is 3.71. The number of rotatable bonds is 1. The summed E-state index contributed by atoms with van der Waals surface area (Å²) >= 11 is 4.86. The Hall–Kier alpha value is -0.840. The zero-order valence-electron chi connectivity index (χ0n) is 6.82. The van der Waals surface area contributed by atoms with E-state index < -0.39 is 0 Å². The SMILES string of the molecule is NC(=O)N1CCC(C(N)=S)CC1. The van der Waals surface area contributed by atoms with Crippen LogP contribution in [0.25, 0.3) is 0 Å². The summed E-state index contributed by atoms with van der Waals surface area (Å²) in [6, 6.07) is -0.351. The van der Waals surface area contributed by atoms with Gasteiger partial charge >= 0.3 is 6.03 Å². The number of nitrogens with zero attached hydrogens (tertiary/aromatic N) is 1. The lowest BCUT2D eigenvalue weighted by atomic mass is 9.97. The number of piperidine rings is 1. The number of likely N-dealkylation sites (tertiary alicyclic amines) is 1. The van der Waals surface area contributed by atoms with Crippen LogP contribution in [-0.4, -0.2) is 29.0 Å². The first-order valence-corrected chi connectivity index (χ1v) is 4.36. The van der Waals surface area contributed by atoms with Crippen LogP contribution in [0, 0.1) is 5.92 Å². The maximum absolute atomic E-state index is 10.7. The lowest BCUT2D eigenvalue weighted by Crippen LogP contribution is -2.43. The Balaban J connectivity index is 2.39. The number of carbonyl (C=O) groups excluding carboxylic acids is 1. The van der Waals surface area contributed by atoms with E-state index in [0.29, 0.717) is 18.1 Å². The lowest BCUT2D eigenvalue weighted by molar-refractivity contribution is 0.189. The van der Waals surface area contributed by atoms with Gasteiger partial charge in [0.2, 0.25) is 0 Å². The van der Waals surface area contributed by atoms with Crippen molar-refractivity contribution in [2.24, 2.45) is 17.4 Å². The minimum Gasteiger partial charge on any atom is -0.393 e. The van der Waals surface area contributed by atoms with Crippen LogP contribution < -0.4 is 11.5 Å². The van der Waals surface area contributed by atoms with Gasteiger partial charge in [-0.15, -0.1) is 0 Å². The summed E-state index contributed by atoms with van der Waals surface area (Å²) in [6.45, 7) is 1.36. The largest absolute Gasteiger partial charge is 0.393 e. The van der Waals surface area contributed by atoms with Crippen molar-refractivity contribution in [1.82, 2.24) is 4.90 Å². The highest BCUT2D eigenvalue weighted by Gasteiger charge is 2.22. The van der Waals surface area contributed by atoms with Crippen LogP contribution >= 0.6 is 12.2 Å². The molecule has 5 heteroatoms. The molecule has 1 fully saturated rings. The Morgan fingerprint density at radius 2 is 1.83 bits per heavy atom. The van der Waals surface area contributed by atoms with E-state index in [9.17, 15) is 4.79 Å². The maximum Gasteiger partial charge on any atom is 0.314 e. The Morgan fingerprint density at radius 1 is 1.33 bits per heavy atom. The third-order valence-electron chi connectivity index (χ3n) is 2.21. The fourth-order valence-electron chi connectivity index (χ4n) is 1.38. The summed E-state index contributed by atoms with van der Waals surface area (Å²) < 4.78 is 0. The predicted molar refractivity (Wildman–Crippen MR) is 50.7 cm³/mol. The fraction of sp³-hybridized carbons (Fsp3) is 0.714. The van der Waals surface area contributed by atoms with Gasteiger partial charge in [0.15, 0.2) is 0 Å². The third-order valence-corrected chi connectivity index (χ3v) is 2.54. The molecule has 0 aromatic carbocycles. The van der Waals surface area contributed by atoms with Gasteiger partial charge in [-0.1, -0.05) is 12.2 Å². The number of thiocarbonyl (C=S) groups is 1. The summed E-state index contributed by atoms with van der Waals surface area (Å²) in [5.41, 5.74) is 10.6. The molecular weight excluding hydrogens is 174 g/mol. The van der Waals surface area contributed by atoms with Crippen molar-refractivity contribution in [2.75, 3.05) is 13.1 Å². The normalized spacial score (nSPS) is 19.2. The van der Waals surface area contributed by atoms with Crippen LogP contribution in [0.15, 0.2) is 0 Å². The molecule has 0 aromatic heterocycles. The van der Waals surface area contributed by atoms with Gasteiger partial charge in [-0.2, -0.15) is 0 Å². The molecule has 68 valence electrons. The fourth-order valence-corrected chi connectivity index (χ4v) is 1.62. The number of nitrogens with two attached hydrogens (primary N) is 2. The van der Waals surface area contributed by atoms with Gasteiger partial charge in [0, 0.05) is 19.0 Å². The predicted octanol–water partition coefficient (Wildman–Crippen LogP) is 0.0632. The number of carbonyl (C=O) groups is 1. The van der Waals surface area contributed by atoms with Crippen molar-refractivity contribution in [1.29, 1.82) is 0 Å². The molecule has 1 heterocycles. The van der Waals surface area contributed by atoms with Crippen molar-refractivity contribution in [3.8, 4) is 0 Å². The topological polar surface area (TPSA) is 72.4 Å².